The van der Waals surface area contributed by atoms with Crippen LogP contribution in [-0.2, 0) is 27.2 Å². The van der Waals surface area contributed by atoms with Crippen LogP contribution in [-0.4, -0.2) is 61.9 Å². The quantitative estimate of drug-likeness (QED) is 0.723. The molecule has 8 nitrogen and oxygen atoms in total. The SMILES string of the molecule is O=c1nc(OC[C@@H]2COCCO2)cc2n1CCc1cc(OCC3COC3)ccc1-2. The summed E-state index contributed by atoms with van der Waals surface area (Å²) in [6.45, 7) is 4.76. The first kappa shape index (κ1) is 18.6. The molecule has 0 spiro atoms. The second-order valence-corrected chi connectivity index (χ2v) is 7.58. The van der Waals surface area contributed by atoms with E-state index in [2.05, 4.69) is 11.1 Å². The molecule has 0 unspecified atom stereocenters. The van der Waals surface area contributed by atoms with Crippen LogP contribution in [0.2, 0.25) is 0 Å². The highest BCUT2D eigenvalue weighted by Gasteiger charge is 2.22. The average molecular weight is 400 g/mol. The lowest BCUT2D eigenvalue weighted by Gasteiger charge is -2.26. The minimum Gasteiger partial charge on any atom is -0.493 e. The Kier molecular flexibility index (Phi) is 5.22. The lowest BCUT2D eigenvalue weighted by atomic mass is 9.97. The molecule has 0 saturated carbocycles. The van der Waals surface area contributed by atoms with Crippen molar-refractivity contribution in [2.75, 3.05) is 46.2 Å². The van der Waals surface area contributed by atoms with E-state index in [1.54, 1.807) is 4.57 Å². The monoisotopic (exact) mass is 400 g/mol. The zero-order valence-corrected chi connectivity index (χ0v) is 16.2. The Morgan fingerprint density at radius 1 is 1.07 bits per heavy atom. The van der Waals surface area contributed by atoms with E-state index in [1.165, 1.54) is 0 Å². The van der Waals surface area contributed by atoms with Gasteiger partial charge in [-0.3, -0.25) is 4.57 Å². The summed E-state index contributed by atoms with van der Waals surface area (Å²) in [6.07, 6.45) is 0.624. The standard InChI is InChI=1S/C21H24N2O6/c24-21-22-20(29-13-17-12-25-5-6-27-17)8-19-18-2-1-16(28-11-14-9-26-10-14)7-15(18)3-4-23(19)21/h1-2,7-8,14,17H,3-6,9-13H2/t17-/m0/s1. The van der Waals surface area contributed by atoms with Crippen molar-refractivity contribution in [2.24, 2.45) is 5.92 Å². The van der Waals surface area contributed by atoms with Crippen molar-refractivity contribution in [3.8, 4) is 22.9 Å². The van der Waals surface area contributed by atoms with Gasteiger partial charge in [0, 0.05) is 24.1 Å². The maximum absolute atomic E-state index is 12.5. The fourth-order valence-electron chi connectivity index (χ4n) is 3.75. The fourth-order valence-corrected chi connectivity index (χ4v) is 3.75. The molecule has 0 radical (unpaired) electrons. The highest BCUT2D eigenvalue weighted by molar-refractivity contribution is 5.67. The van der Waals surface area contributed by atoms with E-state index in [4.69, 9.17) is 23.7 Å². The Morgan fingerprint density at radius 3 is 2.79 bits per heavy atom. The molecule has 3 aliphatic heterocycles. The van der Waals surface area contributed by atoms with Crippen LogP contribution in [0.1, 0.15) is 5.56 Å². The second kappa shape index (κ2) is 8.14. The van der Waals surface area contributed by atoms with Crippen LogP contribution < -0.4 is 15.2 Å². The van der Waals surface area contributed by atoms with E-state index in [0.717, 1.165) is 42.2 Å². The van der Waals surface area contributed by atoms with Gasteiger partial charge in [-0.05, 0) is 30.2 Å². The molecule has 1 aromatic carbocycles. The van der Waals surface area contributed by atoms with Crippen molar-refractivity contribution < 1.29 is 23.7 Å². The number of hydrogen-bond donors (Lipinski definition) is 0. The number of hydrogen-bond acceptors (Lipinski definition) is 7. The van der Waals surface area contributed by atoms with Crippen molar-refractivity contribution in [1.29, 1.82) is 0 Å². The number of benzene rings is 1. The molecule has 5 rings (SSSR count). The molecular formula is C21H24N2O6. The van der Waals surface area contributed by atoms with Gasteiger partial charge in [0.15, 0.2) is 0 Å². The molecule has 154 valence electrons. The summed E-state index contributed by atoms with van der Waals surface area (Å²) in [6, 6.07) is 7.85. The Bertz CT molecular complexity index is 933. The van der Waals surface area contributed by atoms with E-state index in [-0.39, 0.29) is 11.8 Å². The van der Waals surface area contributed by atoms with Crippen LogP contribution in [0, 0.1) is 5.92 Å². The maximum atomic E-state index is 12.5. The first-order valence-electron chi connectivity index (χ1n) is 10.0. The van der Waals surface area contributed by atoms with Crippen molar-refractivity contribution in [3.63, 3.8) is 0 Å². The van der Waals surface area contributed by atoms with E-state index >= 15 is 0 Å². The van der Waals surface area contributed by atoms with Gasteiger partial charge in [-0.25, -0.2) is 4.79 Å². The average Bonchev–Trinajstić information content (AvgIpc) is 2.71. The lowest BCUT2D eigenvalue weighted by molar-refractivity contribution is -0.102. The summed E-state index contributed by atoms with van der Waals surface area (Å²) >= 11 is 0. The lowest BCUT2D eigenvalue weighted by Crippen LogP contribution is -2.34. The van der Waals surface area contributed by atoms with Gasteiger partial charge in [-0.1, -0.05) is 0 Å². The Labute approximate surface area is 168 Å². The van der Waals surface area contributed by atoms with Gasteiger partial charge in [0.2, 0.25) is 5.88 Å². The van der Waals surface area contributed by atoms with Crippen LogP contribution in [0.3, 0.4) is 0 Å². The van der Waals surface area contributed by atoms with E-state index in [0.29, 0.717) is 51.4 Å². The van der Waals surface area contributed by atoms with E-state index in [1.807, 2.05) is 18.2 Å². The van der Waals surface area contributed by atoms with Crippen LogP contribution in [0.15, 0.2) is 29.1 Å². The molecule has 1 atom stereocenters. The number of nitrogens with zero attached hydrogens (tertiary/aromatic N) is 2. The van der Waals surface area contributed by atoms with Crippen molar-refractivity contribution in [3.05, 3.63) is 40.3 Å². The highest BCUT2D eigenvalue weighted by atomic mass is 16.6. The molecule has 0 bridgehead atoms. The highest BCUT2D eigenvalue weighted by Crippen LogP contribution is 2.32. The summed E-state index contributed by atoms with van der Waals surface area (Å²) in [4.78, 5) is 16.6. The number of rotatable bonds is 6. The molecule has 0 N–H and O–H groups in total. The third kappa shape index (κ3) is 4.01. The zero-order valence-electron chi connectivity index (χ0n) is 16.2. The first-order chi connectivity index (χ1) is 14.3. The first-order valence-corrected chi connectivity index (χ1v) is 10.0. The molecule has 29 heavy (non-hydrogen) atoms. The Balaban J connectivity index is 1.34. The van der Waals surface area contributed by atoms with E-state index < -0.39 is 0 Å². The molecule has 2 fully saturated rings. The zero-order chi connectivity index (χ0) is 19.6. The topological polar surface area (TPSA) is 81.0 Å². The predicted octanol–water partition coefficient (Wildman–Crippen LogP) is 1.29. The van der Waals surface area contributed by atoms with Gasteiger partial charge >= 0.3 is 5.69 Å². The smallest absolute Gasteiger partial charge is 0.351 e. The summed E-state index contributed by atoms with van der Waals surface area (Å²) in [7, 11) is 0. The number of aromatic nitrogens is 2. The summed E-state index contributed by atoms with van der Waals surface area (Å²) in [5, 5.41) is 0. The van der Waals surface area contributed by atoms with Gasteiger partial charge in [0.1, 0.15) is 18.5 Å². The number of fused-ring (bicyclic) bond motifs is 3. The molecule has 2 aromatic rings. The molecule has 3 aliphatic rings. The van der Waals surface area contributed by atoms with Crippen LogP contribution in [0.25, 0.3) is 11.3 Å². The van der Waals surface area contributed by atoms with Crippen LogP contribution in [0.5, 0.6) is 11.6 Å². The molecular weight excluding hydrogens is 376 g/mol. The summed E-state index contributed by atoms with van der Waals surface area (Å²) < 4.78 is 29.5. The van der Waals surface area contributed by atoms with E-state index in [9.17, 15) is 4.79 Å². The normalized spacial score (nSPS) is 21.0. The second-order valence-electron chi connectivity index (χ2n) is 7.58. The summed E-state index contributed by atoms with van der Waals surface area (Å²) in [5.41, 5.74) is 2.69. The molecule has 2 saturated heterocycles. The largest absolute Gasteiger partial charge is 0.493 e. The molecule has 0 amide bonds. The minimum atomic E-state index is -0.297. The molecule has 0 aliphatic carbocycles. The molecule has 8 heteroatoms. The molecule has 1 aromatic heterocycles. The van der Waals surface area contributed by atoms with Crippen LogP contribution >= 0.6 is 0 Å². The molecule has 4 heterocycles. The summed E-state index contributed by atoms with van der Waals surface area (Å²) in [5.74, 6) is 1.65. The van der Waals surface area contributed by atoms with Gasteiger partial charge in [-0.2, -0.15) is 4.98 Å². The Hall–Kier alpha value is -2.42. The number of aryl methyl sites for hydroxylation is 1. The van der Waals surface area contributed by atoms with Crippen molar-refractivity contribution in [1.82, 2.24) is 9.55 Å². The fraction of sp³-hybridized carbons (Fsp3) is 0.524. The van der Waals surface area contributed by atoms with Crippen molar-refractivity contribution in [2.45, 2.75) is 19.1 Å². The maximum Gasteiger partial charge on any atom is 0.351 e. The van der Waals surface area contributed by atoms with Gasteiger partial charge in [0.05, 0.1) is 45.3 Å². The van der Waals surface area contributed by atoms with Crippen molar-refractivity contribution >= 4 is 0 Å². The predicted molar refractivity (Wildman–Crippen MR) is 103 cm³/mol. The minimum absolute atomic E-state index is 0.141. The van der Waals surface area contributed by atoms with Gasteiger partial charge < -0.3 is 23.7 Å². The van der Waals surface area contributed by atoms with Gasteiger partial charge in [0.25, 0.3) is 0 Å². The Morgan fingerprint density at radius 2 is 2.00 bits per heavy atom. The third-order valence-electron chi connectivity index (χ3n) is 5.44. The van der Waals surface area contributed by atoms with Crippen LogP contribution in [0.4, 0.5) is 0 Å². The van der Waals surface area contributed by atoms with Gasteiger partial charge in [-0.15, -0.1) is 0 Å². The number of ether oxygens (including phenoxy) is 5. The third-order valence-corrected chi connectivity index (χ3v) is 5.44.